The molecule has 0 saturated carbocycles. The van der Waals surface area contributed by atoms with Gasteiger partial charge in [0.2, 0.25) is 0 Å². The highest BCUT2D eigenvalue weighted by molar-refractivity contribution is 14.0. The van der Waals surface area contributed by atoms with E-state index in [1.807, 2.05) is 11.8 Å². The maximum Gasteiger partial charge on any atom is 0.416 e. The maximum absolute atomic E-state index is 12.8. The van der Waals surface area contributed by atoms with Gasteiger partial charge in [0.15, 0.2) is 5.96 Å². The van der Waals surface area contributed by atoms with Crippen molar-refractivity contribution in [1.29, 1.82) is 0 Å². The number of nitrogens with zero attached hydrogens (tertiary/aromatic N) is 1. The van der Waals surface area contributed by atoms with Crippen LogP contribution in [0.25, 0.3) is 0 Å². The number of benzene rings is 1. The Morgan fingerprint density at radius 3 is 2.54 bits per heavy atom. The van der Waals surface area contributed by atoms with Crippen molar-refractivity contribution in [3.8, 4) is 0 Å². The molecule has 2 rings (SSSR count). The second-order valence-corrected chi connectivity index (χ2v) is 7.25. The predicted molar refractivity (Wildman–Crippen MR) is 111 cm³/mol. The summed E-state index contributed by atoms with van der Waals surface area (Å²) in [5.74, 6) is 0.581. The first-order valence-electron chi connectivity index (χ1n) is 8.12. The van der Waals surface area contributed by atoms with Gasteiger partial charge in [-0.15, -0.1) is 24.0 Å². The third-order valence-electron chi connectivity index (χ3n) is 4.35. The Morgan fingerprint density at radius 1 is 1.27 bits per heavy atom. The van der Waals surface area contributed by atoms with Crippen LogP contribution in [0.15, 0.2) is 29.3 Å². The van der Waals surface area contributed by atoms with E-state index in [0.29, 0.717) is 11.5 Å². The Labute approximate surface area is 173 Å². The van der Waals surface area contributed by atoms with Crippen molar-refractivity contribution >= 4 is 41.7 Å². The van der Waals surface area contributed by atoms with Crippen LogP contribution < -0.4 is 10.6 Å². The van der Waals surface area contributed by atoms with Gasteiger partial charge in [-0.05, 0) is 36.8 Å². The van der Waals surface area contributed by atoms with Gasteiger partial charge in [-0.1, -0.05) is 12.1 Å². The largest absolute Gasteiger partial charge is 0.416 e. The molecule has 0 unspecified atom stereocenters. The smallest absolute Gasteiger partial charge is 0.381 e. The van der Waals surface area contributed by atoms with Crippen LogP contribution in [0.5, 0.6) is 0 Å². The molecule has 1 aromatic rings. The number of halogens is 4. The van der Waals surface area contributed by atoms with Crippen molar-refractivity contribution in [1.82, 2.24) is 10.6 Å². The maximum atomic E-state index is 12.8. The molecule has 0 radical (unpaired) electrons. The van der Waals surface area contributed by atoms with Crippen molar-refractivity contribution in [3.63, 3.8) is 0 Å². The zero-order valence-corrected chi connectivity index (χ0v) is 18.0. The van der Waals surface area contributed by atoms with Crippen molar-refractivity contribution in [2.75, 3.05) is 33.1 Å². The number of hydrogen-bond acceptors (Lipinski definition) is 3. The molecule has 4 nitrogen and oxygen atoms in total. The highest BCUT2D eigenvalue weighted by Crippen LogP contribution is 2.33. The summed E-state index contributed by atoms with van der Waals surface area (Å²) in [6.07, 6.45) is -0.312. The molecular weight excluding hydrogens is 478 g/mol. The minimum absolute atomic E-state index is 0. The molecule has 1 heterocycles. The molecule has 0 atom stereocenters. The van der Waals surface area contributed by atoms with Gasteiger partial charge < -0.3 is 15.4 Å². The Balaban J connectivity index is 0.00000338. The number of guanidine groups is 1. The zero-order chi connectivity index (χ0) is 18.3. The van der Waals surface area contributed by atoms with E-state index < -0.39 is 11.7 Å². The minimum atomic E-state index is -4.33. The summed E-state index contributed by atoms with van der Waals surface area (Å²) in [6, 6.07) is 5.31. The molecular formula is C17H25F3IN3OS. The van der Waals surface area contributed by atoms with Gasteiger partial charge in [-0.25, -0.2) is 0 Å². The fourth-order valence-corrected chi connectivity index (χ4v) is 3.50. The number of ether oxygens (including phenoxy) is 1. The summed E-state index contributed by atoms with van der Waals surface area (Å²) in [7, 11) is 1.65. The lowest BCUT2D eigenvalue weighted by Gasteiger charge is -2.36. The third kappa shape index (κ3) is 6.80. The number of aliphatic imine (C=N–C) groups is 1. The molecule has 0 spiro atoms. The van der Waals surface area contributed by atoms with E-state index in [1.54, 1.807) is 13.1 Å². The highest BCUT2D eigenvalue weighted by atomic mass is 127. The van der Waals surface area contributed by atoms with Gasteiger partial charge in [0.1, 0.15) is 0 Å². The Hall–Kier alpha value is -0.680. The Bertz CT molecular complexity index is 593. The van der Waals surface area contributed by atoms with Crippen LogP contribution in [-0.4, -0.2) is 43.8 Å². The van der Waals surface area contributed by atoms with Crippen molar-refractivity contribution in [3.05, 3.63) is 35.4 Å². The molecule has 9 heteroatoms. The fourth-order valence-electron chi connectivity index (χ4n) is 2.71. The summed E-state index contributed by atoms with van der Waals surface area (Å²) in [6.45, 7) is 2.51. The van der Waals surface area contributed by atoms with Crippen molar-refractivity contribution in [2.24, 2.45) is 4.99 Å². The predicted octanol–water partition coefficient (Wildman–Crippen LogP) is 3.90. The number of rotatable bonds is 5. The molecule has 1 saturated heterocycles. The Morgan fingerprint density at radius 2 is 1.96 bits per heavy atom. The zero-order valence-electron chi connectivity index (χ0n) is 14.9. The average Bonchev–Trinajstić information content (AvgIpc) is 2.62. The molecule has 1 aromatic carbocycles. The van der Waals surface area contributed by atoms with E-state index in [-0.39, 0.29) is 35.3 Å². The first kappa shape index (κ1) is 23.4. The van der Waals surface area contributed by atoms with Gasteiger partial charge in [0.05, 0.1) is 5.56 Å². The molecule has 0 bridgehead atoms. The van der Waals surface area contributed by atoms with Crippen LogP contribution in [0.1, 0.15) is 24.0 Å². The topological polar surface area (TPSA) is 45.7 Å². The molecule has 2 N–H and O–H groups in total. The Kier molecular flexibility index (Phi) is 9.53. The van der Waals surface area contributed by atoms with Gasteiger partial charge in [-0.3, -0.25) is 4.99 Å². The second-order valence-electron chi connectivity index (χ2n) is 5.98. The summed E-state index contributed by atoms with van der Waals surface area (Å²) < 4.78 is 43.8. The number of alkyl halides is 3. The number of hydrogen-bond donors (Lipinski definition) is 2. The lowest BCUT2D eigenvalue weighted by atomic mass is 9.99. The summed E-state index contributed by atoms with van der Waals surface area (Å²) in [5.41, 5.74) is -0.0818. The van der Waals surface area contributed by atoms with Crippen molar-refractivity contribution < 1.29 is 17.9 Å². The van der Waals surface area contributed by atoms with Crippen LogP contribution >= 0.6 is 35.7 Å². The molecule has 1 aliphatic heterocycles. The van der Waals surface area contributed by atoms with Crippen LogP contribution in [-0.2, 0) is 17.5 Å². The van der Waals surface area contributed by atoms with E-state index in [4.69, 9.17) is 4.74 Å². The van der Waals surface area contributed by atoms with E-state index in [0.717, 1.165) is 44.7 Å². The average molecular weight is 503 g/mol. The molecule has 26 heavy (non-hydrogen) atoms. The number of nitrogens with one attached hydrogen (secondary N) is 2. The molecule has 1 fully saturated rings. The first-order chi connectivity index (χ1) is 11.9. The third-order valence-corrected chi connectivity index (χ3v) is 5.77. The number of thioether (sulfide) groups is 1. The monoisotopic (exact) mass is 503 g/mol. The minimum Gasteiger partial charge on any atom is -0.381 e. The van der Waals surface area contributed by atoms with Gasteiger partial charge in [0, 0.05) is 38.1 Å². The van der Waals surface area contributed by atoms with Crippen LogP contribution in [0.2, 0.25) is 0 Å². The van der Waals surface area contributed by atoms with Crippen LogP contribution in [0, 0.1) is 0 Å². The van der Waals surface area contributed by atoms with E-state index in [9.17, 15) is 13.2 Å². The standard InChI is InChI=1S/C17H24F3N3OS.HI/c1-21-15(23-12-16(25-2)6-8-24-9-7-16)22-11-13-4-3-5-14(10-13)17(18,19)20;/h3-5,10H,6-9,11-12H2,1-2H3,(H2,21,22,23);1H. The fraction of sp³-hybridized carbons (Fsp3) is 0.588. The quantitative estimate of drug-likeness (QED) is 0.364. The van der Waals surface area contributed by atoms with Gasteiger partial charge in [-0.2, -0.15) is 24.9 Å². The summed E-state index contributed by atoms with van der Waals surface area (Å²) >= 11 is 1.81. The molecule has 0 amide bonds. The van der Waals surface area contributed by atoms with Crippen LogP contribution in [0.4, 0.5) is 13.2 Å². The lowest BCUT2D eigenvalue weighted by molar-refractivity contribution is -0.137. The van der Waals surface area contributed by atoms with Crippen molar-refractivity contribution in [2.45, 2.75) is 30.3 Å². The molecule has 148 valence electrons. The SMILES string of the molecule is CN=C(NCc1cccc(C(F)(F)F)c1)NCC1(SC)CCOCC1.I. The van der Waals surface area contributed by atoms with Gasteiger partial charge in [0.25, 0.3) is 0 Å². The van der Waals surface area contributed by atoms with Gasteiger partial charge >= 0.3 is 6.18 Å². The molecule has 0 aliphatic carbocycles. The first-order valence-corrected chi connectivity index (χ1v) is 9.34. The van der Waals surface area contributed by atoms with Crippen LogP contribution in [0.3, 0.4) is 0 Å². The highest BCUT2D eigenvalue weighted by Gasteiger charge is 2.32. The normalized spacial score (nSPS) is 17.3. The van der Waals surface area contributed by atoms with E-state index >= 15 is 0 Å². The van der Waals surface area contributed by atoms with E-state index in [2.05, 4.69) is 21.9 Å². The lowest BCUT2D eigenvalue weighted by Crippen LogP contribution is -2.47. The molecule has 0 aromatic heterocycles. The second kappa shape index (κ2) is 10.6. The molecule has 1 aliphatic rings. The van der Waals surface area contributed by atoms with E-state index in [1.165, 1.54) is 6.07 Å². The summed E-state index contributed by atoms with van der Waals surface area (Å²) in [5, 5.41) is 6.36. The summed E-state index contributed by atoms with van der Waals surface area (Å²) in [4.78, 5) is 4.16.